The van der Waals surface area contributed by atoms with Gasteiger partial charge < -0.3 is 0 Å². The fraction of sp³-hybridized carbons (Fsp3) is 0. The van der Waals surface area contributed by atoms with Crippen molar-refractivity contribution < 1.29 is 0 Å². The second-order valence-corrected chi connectivity index (χ2v) is 14.7. The number of benzene rings is 7. The minimum absolute atomic E-state index is 0.848. The van der Waals surface area contributed by atoms with E-state index in [9.17, 15) is 0 Å². The van der Waals surface area contributed by atoms with Gasteiger partial charge in [0.1, 0.15) is 11.5 Å². The molecule has 0 atom stereocenters. The average molecular weight is 726 g/mol. The number of hydrogen-bond donors (Lipinski definition) is 0. The van der Waals surface area contributed by atoms with Gasteiger partial charge >= 0.3 is 0 Å². The van der Waals surface area contributed by atoms with Gasteiger partial charge in [-0.1, -0.05) is 115 Å². The molecule has 0 saturated heterocycles. The number of nitrogens with zero attached hydrogens (tertiary/aromatic N) is 5. The number of aromatic nitrogens is 5. The summed E-state index contributed by atoms with van der Waals surface area (Å²) in [6, 6.07) is 60.8. The van der Waals surface area contributed by atoms with Gasteiger partial charge in [-0.25, -0.2) is 15.0 Å². The second-order valence-electron chi connectivity index (χ2n) is 14.7. The minimum Gasteiger partial charge on any atom is -0.278 e. The summed E-state index contributed by atoms with van der Waals surface area (Å²) in [5, 5.41) is 11.7. The highest BCUT2D eigenvalue weighted by Crippen LogP contribution is 2.45. The van der Waals surface area contributed by atoms with Crippen LogP contribution in [0.15, 0.2) is 188 Å². The van der Waals surface area contributed by atoms with Crippen LogP contribution in [0.5, 0.6) is 0 Å². The van der Waals surface area contributed by atoms with E-state index in [1.54, 1.807) is 0 Å². The first kappa shape index (κ1) is 31.6. The van der Waals surface area contributed by atoms with Crippen LogP contribution in [-0.4, -0.2) is 24.5 Å². The van der Waals surface area contributed by atoms with Crippen molar-refractivity contribution in [1.82, 2.24) is 24.5 Å². The smallest absolute Gasteiger partial charge is 0.146 e. The highest BCUT2D eigenvalue weighted by atomic mass is 15.1. The molecule has 0 aliphatic rings. The van der Waals surface area contributed by atoms with Gasteiger partial charge in [-0.2, -0.15) is 0 Å². The summed E-state index contributed by atoms with van der Waals surface area (Å²) in [6.45, 7) is 0. The van der Waals surface area contributed by atoms with Crippen molar-refractivity contribution >= 4 is 76.1 Å². The molecule has 0 bridgehead atoms. The van der Waals surface area contributed by atoms with Crippen molar-refractivity contribution in [3.05, 3.63) is 188 Å². The number of hydrogen-bond acceptors (Lipinski definition) is 4. The summed E-state index contributed by atoms with van der Waals surface area (Å²) in [5.41, 5.74) is 10.6. The Morgan fingerprint density at radius 1 is 0.351 bits per heavy atom. The zero-order chi connectivity index (χ0) is 37.5. The Bertz CT molecular complexity index is 3530. The molecule has 0 amide bonds. The van der Waals surface area contributed by atoms with Gasteiger partial charge in [0.05, 0.1) is 22.2 Å². The Morgan fingerprint density at radius 2 is 0.912 bits per heavy atom. The summed E-state index contributed by atoms with van der Waals surface area (Å²) >= 11 is 0. The van der Waals surface area contributed by atoms with Crippen LogP contribution in [0.4, 0.5) is 0 Å². The fourth-order valence-corrected chi connectivity index (χ4v) is 8.91. The van der Waals surface area contributed by atoms with Crippen LogP contribution < -0.4 is 0 Å². The van der Waals surface area contributed by atoms with Crippen LogP contribution >= 0.6 is 0 Å². The van der Waals surface area contributed by atoms with E-state index in [1.165, 1.54) is 49.0 Å². The first-order chi connectivity index (χ1) is 28.3. The van der Waals surface area contributed by atoms with Crippen molar-refractivity contribution in [2.45, 2.75) is 0 Å². The lowest BCUT2D eigenvalue weighted by atomic mass is 9.85. The van der Waals surface area contributed by atoms with Crippen molar-refractivity contribution in [1.29, 1.82) is 0 Å². The predicted molar refractivity (Wildman–Crippen MR) is 236 cm³/mol. The van der Waals surface area contributed by atoms with Crippen molar-refractivity contribution in [3.8, 4) is 39.3 Å². The molecule has 0 aliphatic heterocycles. The molecule has 0 fully saturated rings. The third-order valence-corrected chi connectivity index (χ3v) is 11.5. The molecule has 5 nitrogen and oxygen atoms in total. The predicted octanol–water partition coefficient (Wildman–Crippen LogP) is 13.1. The Balaban J connectivity index is 1.03. The summed E-state index contributed by atoms with van der Waals surface area (Å²) in [5.74, 6) is 0.848. The molecule has 5 aromatic heterocycles. The van der Waals surface area contributed by atoms with E-state index in [2.05, 4.69) is 149 Å². The van der Waals surface area contributed by atoms with E-state index in [0.29, 0.717) is 0 Å². The van der Waals surface area contributed by atoms with Gasteiger partial charge in [0, 0.05) is 45.7 Å². The summed E-state index contributed by atoms with van der Waals surface area (Å²) < 4.78 is 2.18. The normalized spacial score (nSPS) is 11.9. The summed E-state index contributed by atoms with van der Waals surface area (Å²) in [4.78, 5) is 19.4. The zero-order valence-corrected chi connectivity index (χ0v) is 30.6. The monoisotopic (exact) mass is 725 g/mol. The Kier molecular flexibility index (Phi) is 6.86. The van der Waals surface area contributed by atoms with Gasteiger partial charge in [0.2, 0.25) is 0 Å². The lowest BCUT2D eigenvalue weighted by Crippen LogP contribution is -1.98. The topological polar surface area (TPSA) is 56.5 Å². The van der Waals surface area contributed by atoms with E-state index in [4.69, 9.17) is 15.0 Å². The maximum atomic E-state index is 5.12. The largest absolute Gasteiger partial charge is 0.278 e. The highest BCUT2D eigenvalue weighted by molar-refractivity contribution is 6.22. The third kappa shape index (κ3) is 4.89. The Morgan fingerprint density at radius 3 is 1.65 bits per heavy atom. The molecule has 0 spiro atoms. The van der Waals surface area contributed by atoms with E-state index in [1.807, 2.05) is 48.9 Å². The molecule has 0 N–H and O–H groups in total. The van der Waals surface area contributed by atoms with Gasteiger partial charge in [-0.05, 0) is 109 Å². The van der Waals surface area contributed by atoms with Crippen LogP contribution in [-0.2, 0) is 0 Å². The van der Waals surface area contributed by atoms with Crippen LogP contribution in [0.3, 0.4) is 0 Å². The number of pyridine rings is 4. The molecule has 5 heteroatoms. The Hall–Kier alpha value is -7.76. The van der Waals surface area contributed by atoms with Crippen LogP contribution in [0.2, 0.25) is 0 Å². The molecular weight excluding hydrogens is 695 g/mol. The van der Waals surface area contributed by atoms with Gasteiger partial charge in [0.15, 0.2) is 0 Å². The van der Waals surface area contributed by atoms with E-state index < -0.39 is 0 Å². The molecule has 12 rings (SSSR count). The molecule has 5 heterocycles. The molecular formula is C52H31N5. The summed E-state index contributed by atoms with van der Waals surface area (Å²) in [6.07, 6.45) is 5.53. The van der Waals surface area contributed by atoms with Crippen molar-refractivity contribution in [2.24, 2.45) is 0 Å². The molecule has 0 aliphatic carbocycles. The van der Waals surface area contributed by atoms with E-state index in [0.717, 1.165) is 66.4 Å². The molecule has 57 heavy (non-hydrogen) atoms. The molecule has 12 aromatic rings. The zero-order valence-electron chi connectivity index (χ0n) is 30.6. The highest BCUT2D eigenvalue weighted by Gasteiger charge is 2.20. The SMILES string of the molecule is c1ccc(-n2c3cc(-c4c5ccccc5c(-c5ccc6cc(-c7ccc8ccc9cccnc9c8n7)ccc6c5)c5ccccc45)ccc3c3cccnc32)nc1. The standard InChI is InChI=1S/C52H31N5/c1-3-12-42-40(10-1)48(37-21-19-34-29-36(20-18-35(34)30-37)45-25-23-33-17-16-32-9-7-27-54-50(32)51(33)56-45)41-11-2-4-13-43(41)49(42)38-22-24-39-44-14-8-28-55-52(44)57(46(39)31-38)47-15-5-6-26-53-47/h1-31H. The second kappa shape index (κ2) is 12.4. The van der Waals surface area contributed by atoms with Gasteiger partial charge in [0.25, 0.3) is 0 Å². The first-order valence-corrected chi connectivity index (χ1v) is 19.2. The fourth-order valence-electron chi connectivity index (χ4n) is 8.91. The van der Waals surface area contributed by atoms with E-state index >= 15 is 0 Å². The minimum atomic E-state index is 0.848. The lowest BCUT2D eigenvalue weighted by Gasteiger charge is -2.18. The van der Waals surface area contributed by atoms with E-state index in [-0.39, 0.29) is 0 Å². The number of fused-ring (bicyclic) bond motifs is 9. The maximum Gasteiger partial charge on any atom is 0.146 e. The van der Waals surface area contributed by atoms with Crippen molar-refractivity contribution in [2.75, 3.05) is 0 Å². The molecule has 7 aromatic carbocycles. The number of rotatable bonds is 4. The van der Waals surface area contributed by atoms with Crippen LogP contribution in [0, 0.1) is 0 Å². The molecule has 0 saturated carbocycles. The van der Waals surface area contributed by atoms with Gasteiger partial charge in [-0.3, -0.25) is 9.55 Å². The van der Waals surface area contributed by atoms with Crippen LogP contribution in [0.1, 0.15) is 0 Å². The molecule has 264 valence electrons. The van der Waals surface area contributed by atoms with Crippen LogP contribution in [0.25, 0.3) is 115 Å². The quantitative estimate of drug-likeness (QED) is 0.134. The lowest BCUT2D eigenvalue weighted by molar-refractivity contribution is 1.06. The average Bonchev–Trinajstić information content (AvgIpc) is 3.61. The van der Waals surface area contributed by atoms with Crippen molar-refractivity contribution in [3.63, 3.8) is 0 Å². The molecule has 0 unspecified atom stereocenters. The summed E-state index contributed by atoms with van der Waals surface area (Å²) in [7, 11) is 0. The molecule has 0 radical (unpaired) electrons. The Labute approximate surface area is 327 Å². The first-order valence-electron chi connectivity index (χ1n) is 19.2. The third-order valence-electron chi connectivity index (χ3n) is 11.5. The maximum absolute atomic E-state index is 5.12. The van der Waals surface area contributed by atoms with Gasteiger partial charge in [-0.15, -0.1) is 0 Å².